The van der Waals surface area contributed by atoms with Crippen LogP contribution in [-0.2, 0) is 16.2 Å². The molecule has 5 rings (SSSR count). The number of nitrogens with zero attached hydrogens (tertiary/aromatic N) is 1. The van der Waals surface area contributed by atoms with Crippen LogP contribution < -0.4 is 5.32 Å². The number of carboxylic acids is 1. The Bertz CT molecular complexity index is 1080. The highest BCUT2D eigenvalue weighted by molar-refractivity contribution is 5.96. The van der Waals surface area contributed by atoms with Crippen LogP contribution in [0.25, 0.3) is 0 Å². The number of allylic oxidation sites excluding steroid dienone is 2. The number of rotatable bonds is 6. The highest BCUT2D eigenvalue weighted by atomic mass is 16.6. The summed E-state index contributed by atoms with van der Waals surface area (Å²) in [7, 11) is 0. The third-order valence-electron chi connectivity index (χ3n) is 10.00. The zero-order chi connectivity index (χ0) is 25.5. The van der Waals surface area contributed by atoms with E-state index in [1.54, 1.807) is 12.1 Å². The fourth-order valence-corrected chi connectivity index (χ4v) is 7.81. The van der Waals surface area contributed by atoms with E-state index in [4.69, 9.17) is 9.94 Å². The minimum Gasteiger partial charge on any atom is -0.478 e. The molecule has 0 heterocycles. The number of aliphatic hydroxyl groups excluding tert-OH is 1. The minimum atomic E-state index is -0.973. The molecule has 0 bridgehead atoms. The first-order chi connectivity index (χ1) is 17.2. The molecule has 0 spiro atoms. The summed E-state index contributed by atoms with van der Waals surface area (Å²) in [5, 5.41) is 26.7. The van der Waals surface area contributed by atoms with Gasteiger partial charge in [0.05, 0.1) is 17.4 Å². The molecule has 0 aliphatic heterocycles. The molecule has 194 valence electrons. The van der Waals surface area contributed by atoms with Gasteiger partial charge in [0, 0.05) is 6.54 Å². The van der Waals surface area contributed by atoms with Gasteiger partial charge in [-0.05, 0) is 104 Å². The van der Waals surface area contributed by atoms with Crippen molar-refractivity contribution in [3.63, 3.8) is 0 Å². The first-order valence-corrected chi connectivity index (χ1v) is 13.4. The number of carbonyl (C=O) groups excluding carboxylic acids is 1. The maximum Gasteiger partial charge on any atom is 0.335 e. The fourth-order valence-electron chi connectivity index (χ4n) is 7.81. The molecule has 1 aromatic carbocycles. The van der Waals surface area contributed by atoms with Gasteiger partial charge in [0.15, 0.2) is 6.61 Å². The van der Waals surface area contributed by atoms with E-state index in [1.165, 1.54) is 37.0 Å². The van der Waals surface area contributed by atoms with E-state index in [0.29, 0.717) is 24.3 Å². The number of nitrogens with one attached hydrogen (secondary N) is 1. The molecule has 3 N–H and O–H groups in total. The number of hydrogen-bond donors (Lipinski definition) is 3. The number of aromatic carboxylic acids is 1. The van der Waals surface area contributed by atoms with Crippen LogP contribution in [-0.4, -0.2) is 40.5 Å². The lowest BCUT2D eigenvalue weighted by Gasteiger charge is -2.57. The van der Waals surface area contributed by atoms with Gasteiger partial charge in [0.1, 0.15) is 0 Å². The first kappa shape index (κ1) is 25.0. The maximum atomic E-state index is 12.2. The second-order valence-corrected chi connectivity index (χ2v) is 11.8. The zero-order valence-electron chi connectivity index (χ0n) is 21.3. The van der Waals surface area contributed by atoms with Crippen LogP contribution in [0, 0.1) is 28.6 Å². The molecule has 6 atom stereocenters. The van der Waals surface area contributed by atoms with Crippen LogP contribution >= 0.6 is 0 Å². The Hall–Kier alpha value is -2.67. The standard InChI is InChI=1S/C29H38N2O5/c1-28-13-11-21(31-36-17-26(33)30-16-18-3-5-19(6-4-18)27(34)35)15-20(28)7-8-22-23-9-10-25(32)29(23,2)14-12-24(22)28/h3-6,15,22-25,32H,7-14,16-17H2,1-2H3,(H,30,33)(H,34,35)/t22-,23+,24+,25+,28+,29+/m1/s1. The Kier molecular flexibility index (Phi) is 6.70. The largest absolute Gasteiger partial charge is 0.478 e. The molecule has 1 aromatic rings. The predicted octanol–water partition coefficient (Wildman–Crippen LogP) is 4.70. The van der Waals surface area contributed by atoms with Crippen LogP contribution in [0.4, 0.5) is 0 Å². The van der Waals surface area contributed by atoms with Gasteiger partial charge in [-0.1, -0.05) is 36.7 Å². The SMILES string of the molecule is C[C@]12CC[C@H]3[C@H](CCC4=CC(=NOCC(=O)NCc5ccc(C(=O)O)cc5)CC[C@@]43C)[C@@H]1CC[C@@H]2O. The van der Waals surface area contributed by atoms with Gasteiger partial charge >= 0.3 is 5.97 Å². The van der Waals surface area contributed by atoms with Gasteiger partial charge in [0.25, 0.3) is 5.91 Å². The third-order valence-corrected chi connectivity index (χ3v) is 10.00. The van der Waals surface area contributed by atoms with Crippen molar-refractivity contribution in [2.75, 3.05) is 6.61 Å². The lowest BCUT2D eigenvalue weighted by atomic mass is 9.47. The summed E-state index contributed by atoms with van der Waals surface area (Å²) in [6.07, 6.45) is 10.7. The lowest BCUT2D eigenvalue weighted by molar-refractivity contribution is -0.125. The molecule has 7 heteroatoms. The third kappa shape index (κ3) is 4.47. The molecule has 0 aromatic heterocycles. The summed E-state index contributed by atoms with van der Waals surface area (Å²) >= 11 is 0. The van der Waals surface area contributed by atoms with E-state index >= 15 is 0 Å². The van der Waals surface area contributed by atoms with Crippen molar-refractivity contribution >= 4 is 17.6 Å². The summed E-state index contributed by atoms with van der Waals surface area (Å²) in [6, 6.07) is 6.42. The summed E-state index contributed by atoms with van der Waals surface area (Å²) in [5.41, 5.74) is 3.74. The van der Waals surface area contributed by atoms with Crippen molar-refractivity contribution in [3.05, 3.63) is 47.0 Å². The number of amides is 1. The lowest BCUT2D eigenvalue weighted by Crippen LogP contribution is -2.51. The summed E-state index contributed by atoms with van der Waals surface area (Å²) in [5.74, 6) is 0.802. The van der Waals surface area contributed by atoms with Crippen molar-refractivity contribution in [1.29, 1.82) is 0 Å². The van der Waals surface area contributed by atoms with Gasteiger partial charge in [-0.2, -0.15) is 0 Å². The number of aliphatic hydroxyl groups is 1. The van der Waals surface area contributed by atoms with Crippen molar-refractivity contribution in [2.45, 2.75) is 77.9 Å². The Labute approximate surface area is 213 Å². The molecule has 7 nitrogen and oxygen atoms in total. The van der Waals surface area contributed by atoms with Gasteiger partial charge in [0.2, 0.25) is 0 Å². The Morgan fingerprint density at radius 3 is 2.58 bits per heavy atom. The van der Waals surface area contributed by atoms with Crippen molar-refractivity contribution < 1.29 is 24.6 Å². The van der Waals surface area contributed by atoms with Crippen LogP contribution in [0.5, 0.6) is 0 Å². The maximum absolute atomic E-state index is 12.2. The van der Waals surface area contributed by atoms with E-state index in [-0.39, 0.29) is 35.0 Å². The van der Waals surface area contributed by atoms with Gasteiger partial charge in [-0.3, -0.25) is 4.79 Å². The van der Waals surface area contributed by atoms with E-state index in [2.05, 4.69) is 30.4 Å². The van der Waals surface area contributed by atoms with Gasteiger partial charge < -0.3 is 20.4 Å². The van der Waals surface area contributed by atoms with Crippen molar-refractivity contribution in [3.8, 4) is 0 Å². The normalized spacial score (nSPS) is 36.3. The molecule has 0 unspecified atom stereocenters. The number of hydrogen-bond acceptors (Lipinski definition) is 5. The molecule has 3 fully saturated rings. The highest BCUT2D eigenvalue weighted by Gasteiger charge is 2.58. The molecule has 1 amide bonds. The summed E-state index contributed by atoms with van der Waals surface area (Å²) < 4.78 is 0. The summed E-state index contributed by atoms with van der Waals surface area (Å²) in [4.78, 5) is 28.5. The van der Waals surface area contributed by atoms with E-state index in [1.807, 2.05) is 0 Å². The topological polar surface area (TPSA) is 108 Å². The number of oxime groups is 1. The van der Waals surface area contributed by atoms with E-state index < -0.39 is 5.97 Å². The van der Waals surface area contributed by atoms with Crippen LogP contribution in [0.1, 0.15) is 81.1 Å². The average Bonchev–Trinajstić information content (AvgIpc) is 3.17. The monoisotopic (exact) mass is 494 g/mol. The molecule has 0 radical (unpaired) electrons. The van der Waals surface area contributed by atoms with E-state index in [0.717, 1.165) is 43.4 Å². The second-order valence-electron chi connectivity index (χ2n) is 11.8. The Morgan fingerprint density at radius 2 is 1.83 bits per heavy atom. The van der Waals surface area contributed by atoms with Gasteiger partial charge in [-0.15, -0.1) is 0 Å². The van der Waals surface area contributed by atoms with Crippen LogP contribution in [0.2, 0.25) is 0 Å². The predicted molar refractivity (Wildman–Crippen MR) is 136 cm³/mol. The quantitative estimate of drug-likeness (QED) is 0.497. The zero-order valence-corrected chi connectivity index (χ0v) is 21.3. The van der Waals surface area contributed by atoms with Gasteiger partial charge in [-0.25, -0.2) is 4.79 Å². The highest BCUT2D eigenvalue weighted by Crippen LogP contribution is 2.65. The Balaban J connectivity index is 1.15. The molecular weight excluding hydrogens is 456 g/mol. The van der Waals surface area contributed by atoms with E-state index in [9.17, 15) is 14.7 Å². The average molecular weight is 495 g/mol. The molecular formula is C29H38N2O5. The molecule has 4 aliphatic carbocycles. The van der Waals surface area contributed by atoms with Crippen LogP contribution in [0.15, 0.2) is 41.1 Å². The first-order valence-electron chi connectivity index (χ1n) is 13.4. The minimum absolute atomic E-state index is 0.108. The second kappa shape index (κ2) is 9.66. The number of carboxylic acid groups (broad SMARTS) is 1. The molecule has 4 aliphatic rings. The molecule has 36 heavy (non-hydrogen) atoms. The number of carbonyl (C=O) groups is 2. The van der Waals surface area contributed by atoms with Crippen LogP contribution in [0.3, 0.4) is 0 Å². The molecule has 0 saturated heterocycles. The van der Waals surface area contributed by atoms with Crippen molar-refractivity contribution in [2.24, 2.45) is 33.7 Å². The molecule has 3 saturated carbocycles. The Morgan fingerprint density at radius 1 is 1.06 bits per heavy atom. The summed E-state index contributed by atoms with van der Waals surface area (Å²) in [6.45, 7) is 4.93. The van der Waals surface area contributed by atoms with Crippen molar-refractivity contribution in [1.82, 2.24) is 5.32 Å². The fraction of sp³-hybridized carbons (Fsp3) is 0.621. The smallest absolute Gasteiger partial charge is 0.335 e. The number of benzene rings is 1. The number of fused-ring (bicyclic) bond motifs is 5.